The minimum atomic E-state index is -0.414. The maximum Gasteiger partial charge on any atom is 0.263 e. The maximum absolute atomic E-state index is 11.7. The molecule has 1 rings (SSSR count). The Bertz CT molecular complexity index is 524. The van der Waals surface area contributed by atoms with Crippen molar-refractivity contribution in [3.8, 4) is 6.07 Å². The van der Waals surface area contributed by atoms with E-state index in [1.165, 1.54) is 6.20 Å². The van der Waals surface area contributed by atoms with E-state index in [4.69, 9.17) is 10.00 Å². The summed E-state index contributed by atoms with van der Waals surface area (Å²) in [6, 6.07) is 7.78. The second kappa shape index (κ2) is 7.97. The van der Waals surface area contributed by atoms with E-state index in [0.29, 0.717) is 13.2 Å². The molecule has 1 amide bonds. The minimum Gasteiger partial charge on any atom is -0.383 e. The lowest BCUT2D eigenvalue weighted by Crippen LogP contribution is -2.28. The van der Waals surface area contributed by atoms with E-state index in [2.05, 4.69) is 10.6 Å². The standard InChI is InChI=1S/C15H19N3O2/c1-11-5-4-6-12(2)14(11)18-10-13(9-16)15(19)17-7-8-20-3/h4-6,10,18H,7-8H2,1-3H3,(H,17,19)/b13-10-. The Morgan fingerprint density at radius 1 is 1.40 bits per heavy atom. The molecule has 0 spiro atoms. The lowest BCUT2D eigenvalue weighted by molar-refractivity contribution is -0.117. The first-order valence-corrected chi connectivity index (χ1v) is 6.30. The average molecular weight is 273 g/mol. The van der Waals surface area contributed by atoms with Crippen LogP contribution in [0.3, 0.4) is 0 Å². The van der Waals surface area contributed by atoms with Gasteiger partial charge in [-0.25, -0.2) is 0 Å². The molecule has 0 aromatic heterocycles. The molecule has 0 radical (unpaired) electrons. The van der Waals surface area contributed by atoms with E-state index in [9.17, 15) is 4.79 Å². The van der Waals surface area contributed by atoms with Crippen LogP contribution < -0.4 is 10.6 Å². The highest BCUT2D eigenvalue weighted by Crippen LogP contribution is 2.19. The van der Waals surface area contributed by atoms with Crippen molar-refractivity contribution >= 4 is 11.6 Å². The van der Waals surface area contributed by atoms with Gasteiger partial charge in [-0.15, -0.1) is 0 Å². The molecule has 1 aromatic carbocycles. The lowest BCUT2D eigenvalue weighted by atomic mass is 10.1. The zero-order chi connectivity index (χ0) is 15.0. The summed E-state index contributed by atoms with van der Waals surface area (Å²) < 4.78 is 4.83. The third kappa shape index (κ3) is 4.41. The first-order chi connectivity index (χ1) is 9.60. The molecular formula is C15H19N3O2. The predicted molar refractivity (Wildman–Crippen MR) is 78.1 cm³/mol. The molecule has 0 aliphatic carbocycles. The lowest BCUT2D eigenvalue weighted by Gasteiger charge is -2.09. The third-order valence-electron chi connectivity index (χ3n) is 2.80. The summed E-state index contributed by atoms with van der Waals surface area (Å²) in [5.41, 5.74) is 3.05. The monoisotopic (exact) mass is 273 g/mol. The van der Waals surface area contributed by atoms with Gasteiger partial charge in [-0.3, -0.25) is 4.79 Å². The van der Waals surface area contributed by atoms with Gasteiger partial charge in [0, 0.05) is 25.5 Å². The van der Waals surface area contributed by atoms with Gasteiger partial charge in [-0.05, 0) is 25.0 Å². The van der Waals surface area contributed by atoms with Crippen LogP contribution in [0.25, 0.3) is 0 Å². The zero-order valence-electron chi connectivity index (χ0n) is 12.0. The van der Waals surface area contributed by atoms with Crippen molar-refractivity contribution in [2.45, 2.75) is 13.8 Å². The van der Waals surface area contributed by atoms with Gasteiger partial charge < -0.3 is 15.4 Å². The number of para-hydroxylation sites is 1. The van der Waals surface area contributed by atoms with Crippen molar-refractivity contribution in [2.24, 2.45) is 0 Å². The number of carbonyl (C=O) groups is 1. The van der Waals surface area contributed by atoms with Gasteiger partial charge in [0.05, 0.1) is 6.61 Å². The van der Waals surface area contributed by atoms with Crippen LogP contribution >= 0.6 is 0 Å². The number of aryl methyl sites for hydroxylation is 2. The molecule has 0 aliphatic heterocycles. The fraction of sp³-hybridized carbons (Fsp3) is 0.333. The number of nitrogens with zero attached hydrogens (tertiary/aromatic N) is 1. The molecule has 20 heavy (non-hydrogen) atoms. The molecule has 0 bridgehead atoms. The number of nitrogens with one attached hydrogen (secondary N) is 2. The highest BCUT2D eigenvalue weighted by molar-refractivity contribution is 5.97. The Labute approximate surface area is 119 Å². The van der Waals surface area contributed by atoms with Crippen LogP contribution in [0.2, 0.25) is 0 Å². The summed E-state index contributed by atoms with van der Waals surface area (Å²) in [4.78, 5) is 11.7. The molecule has 0 atom stereocenters. The summed E-state index contributed by atoms with van der Waals surface area (Å²) in [7, 11) is 1.55. The van der Waals surface area contributed by atoms with Gasteiger partial charge in [-0.2, -0.15) is 5.26 Å². The molecule has 1 aromatic rings. The van der Waals surface area contributed by atoms with Crippen molar-refractivity contribution in [1.82, 2.24) is 5.32 Å². The molecule has 0 fully saturated rings. The van der Waals surface area contributed by atoms with Gasteiger partial charge >= 0.3 is 0 Å². The van der Waals surface area contributed by atoms with Gasteiger partial charge in [0.15, 0.2) is 0 Å². The van der Waals surface area contributed by atoms with Gasteiger partial charge in [-0.1, -0.05) is 18.2 Å². The minimum absolute atomic E-state index is 0.0313. The number of nitriles is 1. The van der Waals surface area contributed by atoms with Crippen LogP contribution in [0.5, 0.6) is 0 Å². The zero-order valence-corrected chi connectivity index (χ0v) is 12.0. The SMILES string of the molecule is COCCNC(=O)/C(C#N)=C\Nc1c(C)cccc1C. The van der Waals surface area contributed by atoms with Gasteiger partial charge in [0.25, 0.3) is 5.91 Å². The quantitative estimate of drug-likeness (QED) is 0.471. The van der Waals surface area contributed by atoms with Crippen molar-refractivity contribution < 1.29 is 9.53 Å². The number of amides is 1. The largest absolute Gasteiger partial charge is 0.383 e. The van der Waals surface area contributed by atoms with Gasteiger partial charge in [0.1, 0.15) is 11.6 Å². The Morgan fingerprint density at radius 3 is 2.60 bits per heavy atom. The predicted octanol–water partition coefficient (Wildman–Crippen LogP) is 1.89. The fourth-order valence-corrected chi connectivity index (χ4v) is 1.70. The van der Waals surface area contributed by atoms with Crippen molar-refractivity contribution in [3.05, 3.63) is 41.1 Å². The molecule has 0 saturated carbocycles. The Balaban J connectivity index is 2.76. The van der Waals surface area contributed by atoms with Gasteiger partial charge in [0.2, 0.25) is 0 Å². The van der Waals surface area contributed by atoms with E-state index in [-0.39, 0.29) is 5.57 Å². The fourth-order valence-electron chi connectivity index (χ4n) is 1.70. The third-order valence-corrected chi connectivity index (χ3v) is 2.80. The van der Waals surface area contributed by atoms with Crippen LogP contribution in [-0.2, 0) is 9.53 Å². The first-order valence-electron chi connectivity index (χ1n) is 6.30. The smallest absolute Gasteiger partial charge is 0.263 e. The second-order valence-electron chi connectivity index (χ2n) is 4.33. The number of carbonyl (C=O) groups excluding carboxylic acids is 1. The topological polar surface area (TPSA) is 74.1 Å². The van der Waals surface area contributed by atoms with E-state index in [1.807, 2.05) is 38.1 Å². The second-order valence-corrected chi connectivity index (χ2v) is 4.33. The molecule has 0 aliphatic rings. The number of anilines is 1. The molecule has 2 N–H and O–H groups in total. The van der Waals surface area contributed by atoms with Crippen molar-refractivity contribution in [1.29, 1.82) is 5.26 Å². The highest BCUT2D eigenvalue weighted by Gasteiger charge is 2.08. The number of benzene rings is 1. The number of hydrogen-bond donors (Lipinski definition) is 2. The number of ether oxygens (including phenoxy) is 1. The molecule has 5 nitrogen and oxygen atoms in total. The Hall–Kier alpha value is -2.32. The summed E-state index contributed by atoms with van der Waals surface area (Å²) >= 11 is 0. The molecule has 106 valence electrons. The van der Waals surface area contributed by atoms with Crippen LogP contribution in [-0.4, -0.2) is 26.2 Å². The summed E-state index contributed by atoms with van der Waals surface area (Å²) in [6.45, 7) is 4.72. The number of hydrogen-bond acceptors (Lipinski definition) is 4. The Morgan fingerprint density at radius 2 is 2.05 bits per heavy atom. The van der Waals surface area contributed by atoms with Crippen LogP contribution in [0.15, 0.2) is 30.0 Å². The van der Waals surface area contributed by atoms with E-state index < -0.39 is 5.91 Å². The average Bonchev–Trinajstić information content (AvgIpc) is 2.42. The molecule has 0 heterocycles. The Kier molecular flexibility index (Phi) is 6.27. The van der Waals surface area contributed by atoms with Crippen LogP contribution in [0, 0.1) is 25.2 Å². The highest BCUT2D eigenvalue weighted by atomic mass is 16.5. The summed E-state index contributed by atoms with van der Waals surface area (Å²) in [5.74, 6) is -0.414. The number of rotatable bonds is 6. The molecule has 0 unspecified atom stereocenters. The molecular weight excluding hydrogens is 254 g/mol. The maximum atomic E-state index is 11.7. The van der Waals surface area contributed by atoms with Crippen LogP contribution in [0.1, 0.15) is 11.1 Å². The first kappa shape index (κ1) is 15.7. The number of methoxy groups -OCH3 is 1. The summed E-state index contributed by atoms with van der Waals surface area (Å²) in [6.07, 6.45) is 1.43. The van der Waals surface area contributed by atoms with E-state index >= 15 is 0 Å². The normalized spacial score (nSPS) is 10.8. The van der Waals surface area contributed by atoms with Crippen LogP contribution in [0.4, 0.5) is 5.69 Å². The van der Waals surface area contributed by atoms with E-state index in [1.54, 1.807) is 7.11 Å². The molecule has 0 saturated heterocycles. The summed E-state index contributed by atoms with van der Waals surface area (Å²) in [5, 5.41) is 14.7. The molecule has 5 heteroatoms. The van der Waals surface area contributed by atoms with E-state index in [0.717, 1.165) is 16.8 Å². The van der Waals surface area contributed by atoms with Crippen molar-refractivity contribution in [3.63, 3.8) is 0 Å². The van der Waals surface area contributed by atoms with Crippen molar-refractivity contribution in [2.75, 3.05) is 25.6 Å².